The van der Waals surface area contributed by atoms with Crippen LogP contribution in [0.4, 0.5) is 5.82 Å². The minimum Gasteiger partial charge on any atom is -0.478 e. The van der Waals surface area contributed by atoms with Gasteiger partial charge in [-0.1, -0.05) is 6.07 Å². The van der Waals surface area contributed by atoms with Gasteiger partial charge in [0.05, 0.1) is 6.61 Å². The van der Waals surface area contributed by atoms with Crippen molar-refractivity contribution in [2.75, 3.05) is 31.6 Å². The predicted octanol–water partition coefficient (Wildman–Crippen LogP) is 2.45. The van der Waals surface area contributed by atoms with Crippen LogP contribution in [0.1, 0.15) is 32.6 Å². The first-order valence-corrected chi connectivity index (χ1v) is 7.36. The fraction of sp³-hybridized carbons (Fsp3) is 0.667. The van der Waals surface area contributed by atoms with E-state index >= 15 is 0 Å². The van der Waals surface area contributed by atoms with Crippen molar-refractivity contribution in [1.29, 1.82) is 0 Å². The summed E-state index contributed by atoms with van der Waals surface area (Å²) in [5.74, 6) is 1.80. The zero-order chi connectivity index (χ0) is 13.5. The Labute approximate surface area is 116 Å². The molecule has 1 aliphatic heterocycles. The third-order valence-electron chi connectivity index (χ3n) is 3.65. The van der Waals surface area contributed by atoms with Gasteiger partial charge in [0.15, 0.2) is 0 Å². The first-order chi connectivity index (χ1) is 9.35. The molecule has 1 fully saturated rings. The number of hydrogen-bond acceptors (Lipinski definition) is 4. The summed E-state index contributed by atoms with van der Waals surface area (Å²) < 4.78 is 5.50. The van der Waals surface area contributed by atoms with Gasteiger partial charge in [0.2, 0.25) is 5.88 Å². The minimum absolute atomic E-state index is 0.602. The molecule has 0 amide bonds. The van der Waals surface area contributed by atoms with Crippen LogP contribution in [-0.2, 0) is 0 Å². The molecule has 4 nitrogen and oxygen atoms in total. The molecule has 4 heteroatoms. The molecule has 1 N–H and O–H groups in total. The monoisotopic (exact) mass is 263 g/mol. The normalized spacial score (nSPS) is 19.5. The molecule has 0 aliphatic carbocycles. The van der Waals surface area contributed by atoms with Crippen LogP contribution in [0.25, 0.3) is 0 Å². The van der Waals surface area contributed by atoms with Crippen molar-refractivity contribution in [2.24, 2.45) is 0 Å². The number of anilines is 1. The van der Waals surface area contributed by atoms with Crippen LogP contribution in [0, 0.1) is 0 Å². The van der Waals surface area contributed by atoms with Crippen molar-refractivity contribution in [3.05, 3.63) is 18.2 Å². The lowest BCUT2D eigenvalue weighted by molar-refractivity contribution is 0.326. The van der Waals surface area contributed by atoms with Gasteiger partial charge in [0, 0.05) is 18.7 Å². The third-order valence-corrected chi connectivity index (χ3v) is 3.65. The van der Waals surface area contributed by atoms with Gasteiger partial charge < -0.3 is 15.0 Å². The minimum atomic E-state index is 0.602. The van der Waals surface area contributed by atoms with E-state index in [0.717, 1.165) is 24.8 Å². The van der Waals surface area contributed by atoms with Crippen molar-refractivity contribution >= 4 is 5.82 Å². The Bertz CT molecular complexity index is 383. The van der Waals surface area contributed by atoms with Gasteiger partial charge in [-0.05, 0) is 52.3 Å². The molecule has 19 heavy (non-hydrogen) atoms. The van der Waals surface area contributed by atoms with Crippen LogP contribution in [0.5, 0.6) is 5.88 Å². The largest absolute Gasteiger partial charge is 0.478 e. The molecule has 1 atom stereocenters. The van der Waals surface area contributed by atoms with Gasteiger partial charge in [-0.15, -0.1) is 0 Å². The number of nitrogens with one attached hydrogen (secondary N) is 1. The van der Waals surface area contributed by atoms with Gasteiger partial charge in [-0.3, -0.25) is 0 Å². The lowest BCUT2D eigenvalue weighted by Gasteiger charge is -2.37. The van der Waals surface area contributed by atoms with Gasteiger partial charge in [0.1, 0.15) is 5.82 Å². The molecule has 1 aromatic heterocycles. The molecule has 0 spiro atoms. The molecule has 1 aromatic rings. The van der Waals surface area contributed by atoms with Gasteiger partial charge in [-0.2, -0.15) is 4.98 Å². The summed E-state index contributed by atoms with van der Waals surface area (Å²) in [6.45, 7) is 4.83. The lowest BCUT2D eigenvalue weighted by Crippen LogP contribution is -2.41. The van der Waals surface area contributed by atoms with Gasteiger partial charge in [0.25, 0.3) is 0 Å². The van der Waals surface area contributed by atoms with E-state index in [4.69, 9.17) is 4.74 Å². The average Bonchev–Trinajstić information content (AvgIpc) is 2.46. The number of piperidine rings is 1. The van der Waals surface area contributed by atoms with Crippen molar-refractivity contribution in [3.8, 4) is 5.88 Å². The molecule has 2 rings (SSSR count). The van der Waals surface area contributed by atoms with Crippen LogP contribution < -0.4 is 15.0 Å². The van der Waals surface area contributed by atoms with Gasteiger partial charge >= 0.3 is 0 Å². The van der Waals surface area contributed by atoms with E-state index in [2.05, 4.69) is 21.3 Å². The Kier molecular flexibility index (Phi) is 5.45. The quantitative estimate of drug-likeness (QED) is 0.855. The van der Waals surface area contributed by atoms with Crippen LogP contribution in [0.15, 0.2) is 18.2 Å². The second-order valence-electron chi connectivity index (χ2n) is 5.00. The molecular formula is C15H25N3O. The summed E-state index contributed by atoms with van der Waals surface area (Å²) in [5, 5.41) is 3.25. The topological polar surface area (TPSA) is 37.4 Å². The molecule has 1 aliphatic rings. The summed E-state index contributed by atoms with van der Waals surface area (Å²) in [6, 6.07) is 6.67. The maximum atomic E-state index is 5.50. The standard InChI is InChI=1S/C15H25N3O/c1-3-19-15-9-6-8-14(17-15)18-12-5-4-7-13(18)10-11-16-2/h6,8-9,13,16H,3-5,7,10-12H2,1-2H3. The van der Waals surface area contributed by atoms with Crippen LogP contribution in [-0.4, -0.2) is 37.8 Å². The maximum Gasteiger partial charge on any atom is 0.215 e. The van der Waals surface area contributed by atoms with Crippen LogP contribution >= 0.6 is 0 Å². The smallest absolute Gasteiger partial charge is 0.215 e. The highest BCUT2D eigenvalue weighted by Gasteiger charge is 2.23. The highest BCUT2D eigenvalue weighted by molar-refractivity contribution is 5.42. The molecule has 1 unspecified atom stereocenters. The number of rotatable bonds is 6. The Hall–Kier alpha value is -1.29. The maximum absolute atomic E-state index is 5.50. The number of nitrogens with zero attached hydrogens (tertiary/aromatic N) is 2. The molecule has 0 aromatic carbocycles. The number of ether oxygens (including phenoxy) is 1. The second-order valence-corrected chi connectivity index (χ2v) is 5.00. The fourth-order valence-electron chi connectivity index (χ4n) is 2.71. The first kappa shape index (κ1) is 14.1. The summed E-state index contributed by atoms with van der Waals surface area (Å²) in [7, 11) is 2.02. The Morgan fingerprint density at radius 1 is 1.42 bits per heavy atom. The van der Waals surface area contributed by atoms with Crippen molar-refractivity contribution < 1.29 is 4.74 Å². The number of aromatic nitrogens is 1. The molecule has 0 saturated carbocycles. The van der Waals surface area contributed by atoms with E-state index in [-0.39, 0.29) is 0 Å². The van der Waals surface area contributed by atoms with E-state index < -0.39 is 0 Å². The summed E-state index contributed by atoms with van der Waals surface area (Å²) in [6.07, 6.45) is 5.03. The average molecular weight is 263 g/mol. The molecule has 106 valence electrons. The molecule has 0 bridgehead atoms. The molecular weight excluding hydrogens is 238 g/mol. The number of hydrogen-bond donors (Lipinski definition) is 1. The van der Waals surface area contributed by atoms with E-state index in [1.54, 1.807) is 0 Å². The van der Waals surface area contributed by atoms with Crippen molar-refractivity contribution in [1.82, 2.24) is 10.3 Å². The zero-order valence-electron chi connectivity index (χ0n) is 12.1. The Morgan fingerprint density at radius 2 is 2.32 bits per heavy atom. The van der Waals surface area contributed by atoms with Crippen LogP contribution in [0.3, 0.4) is 0 Å². The zero-order valence-corrected chi connectivity index (χ0v) is 12.1. The number of pyridine rings is 1. The molecule has 1 saturated heterocycles. The Balaban J connectivity index is 2.09. The van der Waals surface area contributed by atoms with Gasteiger partial charge in [-0.25, -0.2) is 0 Å². The summed E-state index contributed by atoms with van der Waals surface area (Å²) in [5.41, 5.74) is 0. The third kappa shape index (κ3) is 3.83. The summed E-state index contributed by atoms with van der Waals surface area (Å²) in [4.78, 5) is 7.08. The highest BCUT2D eigenvalue weighted by atomic mass is 16.5. The lowest BCUT2D eigenvalue weighted by atomic mass is 9.99. The van der Waals surface area contributed by atoms with Crippen LogP contribution in [0.2, 0.25) is 0 Å². The predicted molar refractivity (Wildman–Crippen MR) is 78.9 cm³/mol. The molecule has 2 heterocycles. The highest BCUT2D eigenvalue weighted by Crippen LogP contribution is 2.26. The second kappa shape index (κ2) is 7.34. The first-order valence-electron chi connectivity index (χ1n) is 7.36. The van der Waals surface area contributed by atoms with E-state index in [1.165, 1.54) is 25.7 Å². The van der Waals surface area contributed by atoms with E-state index in [1.807, 2.05) is 26.1 Å². The summed E-state index contributed by atoms with van der Waals surface area (Å²) >= 11 is 0. The van der Waals surface area contributed by atoms with E-state index in [0.29, 0.717) is 12.6 Å². The van der Waals surface area contributed by atoms with Crippen molar-refractivity contribution in [2.45, 2.75) is 38.6 Å². The SMILES string of the molecule is CCOc1cccc(N2CCCCC2CCNC)n1. The molecule has 0 radical (unpaired) electrons. The van der Waals surface area contributed by atoms with Crippen molar-refractivity contribution in [3.63, 3.8) is 0 Å². The fourth-order valence-corrected chi connectivity index (χ4v) is 2.71. The van der Waals surface area contributed by atoms with E-state index in [9.17, 15) is 0 Å². The Morgan fingerprint density at radius 3 is 3.11 bits per heavy atom.